The maximum Gasteiger partial charge on any atom is 0.115 e. The molecule has 0 saturated heterocycles. The number of hydrogen-bond donors (Lipinski definition) is 0. The summed E-state index contributed by atoms with van der Waals surface area (Å²) >= 11 is 7.30. The van der Waals surface area contributed by atoms with Gasteiger partial charge in [0.05, 0.1) is 4.20 Å². The van der Waals surface area contributed by atoms with Gasteiger partial charge in [0.15, 0.2) is 0 Å². The zero-order valence-electron chi connectivity index (χ0n) is 9.13. The Morgan fingerprint density at radius 3 is 2.07 bits per heavy atom. The molecule has 0 radical (unpaired) electrons. The first kappa shape index (κ1) is 11.9. The Kier molecular flexibility index (Phi) is 3.92. The van der Waals surface area contributed by atoms with Crippen molar-refractivity contribution in [3.63, 3.8) is 0 Å². The molecule has 0 aromatic heterocycles. The van der Waals surface area contributed by atoms with Gasteiger partial charge >= 0.3 is 0 Å². The van der Waals surface area contributed by atoms with Crippen molar-refractivity contribution in [2.45, 2.75) is 26.6 Å². The Morgan fingerprint density at radius 1 is 1.14 bits per heavy atom. The van der Waals surface area contributed by atoms with Gasteiger partial charge in [-0.15, -0.1) is 11.2 Å². The molecule has 0 spiro atoms. The van der Waals surface area contributed by atoms with E-state index < -0.39 is 7.22 Å². The Hall–Kier alpha value is -0.123. The molecule has 0 aliphatic heterocycles. The van der Waals surface area contributed by atoms with Gasteiger partial charge in [-0.25, -0.2) is 0 Å². The Morgan fingerprint density at radius 2 is 1.64 bits per heavy atom. The fourth-order valence-electron chi connectivity index (χ4n) is 1.03. The molecule has 14 heavy (non-hydrogen) atoms. The molecule has 0 nitrogen and oxygen atoms in total. The van der Waals surface area contributed by atoms with E-state index in [4.69, 9.17) is 12.2 Å². The van der Waals surface area contributed by atoms with E-state index in [9.17, 15) is 0 Å². The maximum absolute atomic E-state index is 5.41. The first-order valence-corrected chi connectivity index (χ1v) is 10.1. The van der Waals surface area contributed by atoms with Gasteiger partial charge in [0, 0.05) is 0 Å². The quantitative estimate of drug-likeness (QED) is 0.560. The predicted molar refractivity (Wildman–Crippen MR) is 73.8 cm³/mol. The molecule has 0 N–H and O–H groups in total. The van der Waals surface area contributed by atoms with E-state index in [1.807, 2.05) is 11.2 Å². The third-order valence-electron chi connectivity index (χ3n) is 1.69. The van der Waals surface area contributed by atoms with Crippen molar-refractivity contribution in [3.05, 3.63) is 35.4 Å². The molecule has 3 heteroatoms. The van der Waals surface area contributed by atoms with Gasteiger partial charge in [0.1, 0.15) is 7.22 Å². The van der Waals surface area contributed by atoms with E-state index in [-0.39, 0.29) is 0 Å². The molecule has 0 atom stereocenters. The summed E-state index contributed by atoms with van der Waals surface area (Å²) in [5, 5.41) is 0. The molecule has 0 bridgehead atoms. The van der Waals surface area contributed by atoms with Crippen LogP contribution in [0.15, 0.2) is 24.3 Å². The van der Waals surface area contributed by atoms with Crippen LogP contribution < -0.4 is 0 Å². The molecular formula is C11H16S2Si. The van der Waals surface area contributed by atoms with Gasteiger partial charge in [-0.2, -0.15) is 0 Å². The fourth-order valence-corrected chi connectivity index (χ4v) is 6.24. The van der Waals surface area contributed by atoms with Crippen LogP contribution in [0, 0.1) is 6.92 Å². The molecule has 0 aliphatic carbocycles. The first-order chi connectivity index (χ1) is 6.38. The van der Waals surface area contributed by atoms with Crippen LogP contribution in [0.3, 0.4) is 0 Å². The molecule has 0 unspecified atom stereocenters. The van der Waals surface area contributed by atoms with E-state index in [2.05, 4.69) is 50.8 Å². The fraction of sp³-hybridized carbons (Fsp3) is 0.364. The lowest BCUT2D eigenvalue weighted by Crippen LogP contribution is -2.17. The molecule has 1 rings (SSSR count). The highest BCUT2D eigenvalue weighted by molar-refractivity contribution is 8.44. The Balaban J connectivity index is 2.76. The van der Waals surface area contributed by atoms with Gasteiger partial charge in [0.2, 0.25) is 0 Å². The van der Waals surface area contributed by atoms with Crippen LogP contribution in [0.5, 0.6) is 0 Å². The van der Waals surface area contributed by atoms with E-state index in [0.717, 1.165) is 4.20 Å². The van der Waals surface area contributed by atoms with E-state index in [1.165, 1.54) is 11.1 Å². The third-order valence-corrected chi connectivity index (χ3v) is 6.10. The van der Waals surface area contributed by atoms with Crippen molar-refractivity contribution in [1.29, 1.82) is 0 Å². The highest BCUT2D eigenvalue weighted by Gasteiger charge is 2.17. The summed E-state index contributed by atoms with van der Waals surface area (Å²) in [6.07, 6.45) is 0. The van der Waals surface area contributed by atoms with Gasteiger partial charge in [-0.3, -0.25) is 0 Å². The molecule has 0 saturated carbocycles. The summed E-state index contributed by atoms with van der Waals surface area (Å²) in [5.74, 6) is 0. The lowest BCUT2D eigenvalue weighted by Gasteiger charge is -2.15. The topological polar surface area (TPSA) is 0 Å². The number of hydrogen-bond acceptors (Lipinski definition) is 2. The number of rotatable bonds is 2. The normalized spacial score (nSPS) is 11.4. The van der Waals surface area contributed by atoms with Gasteiger partial charge in [-0.05, 0) is 12.5 Å². The molecule has 0 heterocycles. The van der Waals surface area contributed by atoms with Crippen LogP contribution in [0.2, 0.25) is 19.6 Å². The van der Waals surface area contributed by atoms with Gasteiger partial charge < -0.3 is 0 Å². The van der Waals surface area contributed by atoms with Crippen molar-refractivity contribution < 1.29 is 0 Å². The number of thiocarbonyl (C=S) groups is 1. The zero-order chi connectivity index (χ0) is 10.8. The SMILES string of the molecule is Cc1ccc(C(=S)S[Si](C)(C)C)cc1. The van der Waals surface area contributed by atoms with Crippen molar-refractivity contribution in [2.24, 2.45) is 0 Å². The van der Waals surface area contributed by atoms with Gasteiger partial charge in [-0.1, -0.05) is 61.7 Å². The molecule has 0 fully saturated rings. The van der Waals surface area contributed by atoms with Crippen molar-refractivity contribution in [1.82, 2.24) is 0 Å². The largest absolute Gasteiger partial charge is 0.140 e. The maximum atomic E-state index is 5.41. The van der Waals surface area contributed by atoms with Crippen LogP contribution in [-0.2, 0) is 0 Å². The highest BCUT2D eigenvalue weighted by atomic mass is 32.4. The van der Waals surface area contributed by atoms with Crippen molar-refractivity contribution >= 4 is 34.8 Å². The average Bonchev–Trinajstić information content (AvgIpc) is 2.02. The summed E-state index contributed by atoms with van der Waals surface area (Å²) in [4.78, 5) is 0. The zero-order valence-corrected chi connectivity index (χ0v) is 11.8. The third kappa shape index (κ3) is 3.94. The van der Waals surface area contributed by atoms with E-state index in [1.54, 1.807) is 0 Å². The summed E-state index contributed by atoms with van der Waals surface area (Å²) in [6, 6.07) is 8.47. The van der Waals surface area contributed by atoms with Crippen molar-refractivity contribution in [2.75, 3.05) is 0 Å². The summed E-state index contributed by atoms with van der Waals surface area (Å²) < 4.78 is 1.05. The minimum Gasteiger partial charge on any atom is -0.140 e. The van der Waals surface area contributed by atoms with Crippen LogP contribution in [0.4, 0.5) is 0 Å². The second kappa shape index (κ2) is 4.60. The first-order valence-electron chi connectivity index (χ1n) is 4.68. The van der Waals surface area contributed by atoms with Crippen molar-refractivity contribution in [3.8, 4) is 0 Å². The summed E-state index contributed by atoms with van der Waals surface area (Å²) in [7, 11) is -1.14. The standard InChI is InChI=1S/C11H16S2Si/c1-9-5-7-10(8-6-9)11(12)13-14(2,3)4/h5-8H,1-4H3. The highest BCUT2D eigenvalue weighted by Crippen LogP contribution is 2.25. The Labute approximate surface area is 96.8 Å². The van der Waals surface area contributed by atoms with E-state index >= 15 is 0 Å². The Bertz CT molecular complexity index is 322. The summed E-state index contributed by atoms with van der Waals surface area (Å²) in [5.41, 5.74) is 2.48. The molecule has 0 amide bonds. The van der Waals surface area contributed by atoms with Crippen LogP contribution in [0.1, 0.15) is 11.1 Å². The minimum atomic E-state index is -1.14. The molecule has 0 aliphatic rings. The van der Waals surface area contributed by atoms with Gasteiger partial charge in [0.25, 0.3) is 0 Å². The number of aryl methyl sites for hydroxylation is 1. The lowest BCUT2D eigenvalue weighted by atomic mass is 10.2. The predicted octanol–water partition coefficient (Wildman–Crippen LogP) is 4.24. The number of benzene rings is 1. The smallest absolute Gasteiger partial charge is 0.115 e. The average molecular weight is 240 g/mol. The monoisotopic (exact) mass is 240 g/mol. The van der Waals surface area contributed by atoms with Crippen LogP contribution in [0.25, 0.3) is 0 Å². The second-order valence-corrected chi connectivity index (χ2v) is 14.2. The molecule has 1 aromatic carbocycles. The molecule has 76 valence electrons. The lowest BCUT2D eigenvalue weighted by molar-refractivity contribution is 1.47. The molecule has 1 aromatic rings. The van der Waals surface area contributed by atoms with Crippen LogP contribution in [-0.4, -0.2) is 11.4 Å². The summed E-state index contributed by atoms with van der Waals surface area (Å²) in [6.45, 7) is 9.05. The molecular weight excluding hydrogens is 224 g/mol. The van der Waals surface area contributed by atoms with Crippen LogP contribution >= 0.6 is 23.4 Å². The minimum absolute atomic E-state index is 1.05. The second-order valence-electron chi connectivity index (χ2n) is 4.37. The van der Waals surface area contributed by atoms with E-state index in [0.29, 0.717) is 0 Å².